The number of amides is 1. The van der Waals surface area contributed by atoms with Gasteiger partial charge in [-0.15, -0.1) is 0 Å². The Labute approximate surface area is 145 Å². The first-order chi connectivity index (χ1) is 12.0. The topological polar surface area (TPSA) is 107 Å². The van der Waals surface area contributed by atoms with E-state index in [2.05, 4.69) is 20.4 Å². The zero-order valence-corrected chi connectivity index (χ0v) is 14.4. The molecule has 0 aliphatic carbocycles. The van der Waals surface area contributed by atoms with Gasteiger partial charge in [0.1, 0.15) is 12.1 Å². The van der Waals surface area contributed by atoms with Crippen LogP contribution in [0.5, 0.6) is 5.75 Å². The number of carbonyl (C=O) groups is 1. The van der Waals surface area contributed by atoms with Crippen LogP contribution in [0.1, 0.15) is 23.4 Å². The molecule has 0 aliphatic heterocycles. The summed E-state index contributed by atoms with van der Waals surface area (Å²) in [4.78, 5) is 20.8. The second kappa shape index (κ2) is 6.76. The molecule has 8 heteroatoms. The zero-order valence-electron chi connectivity index (χ0n) is 14.4. The van der Waals surface area contributed by atoms with Gasteiger partial charge < -0.3 is 15.8 Å². The molecule has 0 atom stereocenters. The average Bonchev–Trinajstić information content (AvgIpc) is 3.03. The predicted molar refractivity (Wildman–Crippen MR) is 94.6 cm³/mol. The van der Waals surface area contributed by atoms with E-state index < -0.39 is 0 Å². The Kier molecular flexibility index (Phi) is 4.51. The molecule has 130 valence electrons. The molecule has 2 aromatic heterocycles. The number of carbonyl (C=O) groups excluding carboxylic acids is 1. The molecule has 0 unspecified atom stereocenters. The number of rotatable bonds is 5. The van der Waals surface area contributed by atoms with E-state index >= 15 is 0 Å². The fourth-order valence-electron chi connectivity index (χ4n) is 2.79. The number of nitrogens with two attached hydrogens (primary N) is 1. The maximum atomic E-state index is 12.2. The second-order valence-electron chi connectivity index (χ2n) is 5.74. The molecule has 1 aromatic carbocycles. The van der Waals surface area contributed by atoms with Crippen molar-refractivity contribution in [1.29, 1.82) is 0 Å². The van der Waals surface area contributed by atoms with Crippen LogP contribution in [0.4, 0.5) is 11.4 Å². The van der Waals surface area contributed by atoms with Crippen molar-refractivity contribution >= 4 is 23.1 Å². The summed E-state index contributed by atoms with van der Waals surface area (Å²) in [6.45, 7) is 3.87. The number of ether oxygens (including phenoxy) is 1. The van der Waals surface area contributed by atoms with Gasteiger partial charge in [-0.25, -0.2) is 9.50 Å². The van der Waals surface area contributed by atoms with E-state index in [1.54, 1.807) is 29.8 Å². The number of methoxy groups -OCH3 is 1. The Balaban J connectivity index is 1.69. The lowest BCUT2D eigenvalue weighted by Crippen LogP contribution is -2.14. The van der Waals surface area contributed by atoms with Crippen LogP contribution in [0.25, 0.3) is 5.78 Å². The van der Waals surface area contributed by atoms with E-state index in [4.69, 9.17) is 10.5 Å². The van der Waals surface area contributed by atoms with E-state index in [0.717, 1.165) is 17.0 Å². The maximum Gasteiger partial charge on any atom is 0.252 e. The third-order valence-corrected chi connectivity index (χ3v) is 4.10. The fourth-order valence-corrected chi connectivity index (χ4v) is 2.79. The molecule has 0 radical (unpaired) electrons. The van der Waals surface area contributed by atoms with Crippen LogP contribution in [-0.2, 0) is 11.2 Å². The van der Waals surface area contributed by atoms with E-state index in [-0.39, 0.29) is 5.91 Å². The van der Waals surface area contributed by atoms with Crippen LogP contribution in [0.2, 0.25) is 0 Å². The van der Waals surface area contributed by atoms with Gasteiger partial charge >= 0.3 is 0 Å². The van der Waals surface area contributed by atoms with Crippen LogP contribution < -0.4 is 15.8 Å². The molecule has 0 aliphatic rings. The molecule has 8 nitrogen and oxygen atoms in total. The summed E-state index contributed by atoms with van der Waals surface area (Å²) in [7, 11) is 1.55. The first kappa shape index (κ1) is 16.7. The van der Waals surface area contributed by atoms with Crippen LogP contribution >= 0.6 is 0 Å². The van der Waals surface area contributed by atoms with Crippen molar-refractivity contribution in [2.45, 2.75) is 26.7 Å². The maximum absolute atomic E-state index is 12.2. The highest BCUT2D eigenvalue weighted by Crippen LogP contribution is 2.24. The van der Waals surface area contributed by atoms with Gasteiger partial charge in [0, 0.05) is 23.5 Å². The molecule has 3 rings (SSSR count). The Hall–Kier alpha value is -3.16. The quantitative estimate of drug-likeness (QED) is 0.687. The van der Waals surface area contributed by atoms with Gasteiger partial charge in [-0.1, -0.05) is 0 Å². The smallest absolute Gasteiger partial charge is 0.252 e. The highest BCUT2D eigenvalue weighted by Gasteiger charge is 2.13. The van der Waals surface area contributed by atoms with Gasteiger partial charge in [-0.3, -0.25) is 4.79 Å². The largest absolute Gasteiger partial charge is 0.495 e. The van der Waals surface area contributed by atoms with Gasteiger partial charge in [0.15, 0.2) is 0 Å². The third-order valence-electron chi connectivity index (χ3n) is 4.10. The number of fused-ring (bicyclic) bond motifs is 1. The van der Waals surface area contributed by atoms with Crippen LogP contribution in [0, 0.1) is 13.8 Å². The van der Waals surface area contributed by atoms with Crippen molar-refractivity contribution < 1.29 is 9.53 Å². The van der Waals surface area contributed by atoms with Gasteiger partial charge in [0.25, 0.3) is 5.78 Å². The number of hydrogen-bond donors (Lipinski definition) is 2. The molecule has 0 fully saturated rings. The number of benzene rings is 1. The average molecular weight is 340 g/mol. The predicted octanol–water partition coefficient (Wildman–Crippen LogP) is 1.90. The third kappa shape index (κ3) is 3.37. The minimum absolute atomic E-state index is 0.0953. The Bertz CT molecular complexity index is 934. The monoisotopic (exact) mass is 340 g/mol. The Morgan fingerprint density at radius 2 is 2.16 bits per heavy atom. The second-order valence-corrected chi connectivity index (χ2v) is 5.74. The Morgan fingerprint density at radius 3 is 2.88 bits per heavy atom. The molecular weight excluding hydrogens is 320 g/mol. The molecule has 0 spiro atoms. The molecule has 3 N–H and O–H groups in total. The highest BCUT2D eigenvalue weighted by atomic mass is 16.5. The summed E-state index contributed by atoms with van der Waals surface area (Å²) in [5.74, 6) is 1.05. The van der Waals surface area contributed by atoms with E-state index in [9.17, 15) is 4.79 Å². The van der Waals surface area contributed by atoms with Crippen molar-refractivity contribution in [2.24, 2.45) is 0 Å². The van der Waals surface area contributed by atoms with Gasteiger partial charge in [0.2, 0.25) is 5.91 Å². The van der Waals surface area contributed by atoms with E-state index in [0.29, 0.717) is 35.7 Å². The van der Waals surface area contributed by atoms with Crippen molar-refractivity contribution in [2.75, 3.05) is 18.2 Å². The summed E-state index contributed by atoms with van der Waals surface area (Å²) >= 11 is 0. The van der Waals surface area contributed by atoms with E-state index in [1.807, 2.05) is 13.8 Å². The van der Waals surface area contributed by atoms with E-state index in [1.165, 1.54) is 6.33 Å². The summed E-state index contributed by atoms with van der Waals surface area (Å²) < 4.78 is 6.79. The molecule has 25 heavy (non-hydrogen) atoms. The van der Waals surface area contributed by atoms with Crippen molar-refractivity contribution in [1.82, 2.24) is 19.6 Å². The molecule has 2 heterocycles. The number of hydrogen-bond acceptors (Lipinski definition) is 6. The van der Waals surface area contributed by atoms with Gasteiger partial charge in [-0.2, -0.15) is 10.1 Å². The molecule has 0 saturated heterocycles. The normalized spacial score (nSPS) is 10.8. The molecule has 3 aromatic rings. The minimum atomic E-state index is -0.0953. The lowest BCUT2D eigenvalue weighted by atomic mass is 10.1. The van der Waals surface area contributed by atoms with Crippen molar-refractivity contribution in [3.05, 3.63) is 41.5 Å². The summed E-state index contributed by atoms with van der Waals surface area (Å²) in [6.07, 6.45) is 2.37. The SMILES string of the molecule is COc1ccc(NC(=O)CCc2c(C)nc3ncnn3c2C)cc1N. The number of nitrogens with zero attached hydrogens (tertiary/aromatic N) is 4. The minimum Gasteiger partial charge on any atom is -0.495 e. The molecule has 1 amide bonds. The standard InChI is InChI=1S/C17H20N6O2/c1-10-13(11(2)23-17(21-10)19-9-20-23)5-7-16(24)22-12-4-6-15(25-3)14(18)8-12/h4,6,8-9H,5,7,18H2,1-3H3,(H,22,24). The molecule has 0 saturated carbocycles. The number of aryl methyl sites for hydroxylation is 2. The first-order valence-corrected chi connectivity index (χ1v) is 7.88. The number of nitrogen functional groups attached to an aromatic ring is 1. The highest BCUT2D eigenvalue weighted by molar-refractivity contribution is 5.91. The van der Waals surface area contributed by atoms with Crippen LogP contribution in [-0.4, -0.2) is 32.6 Å². The molecular formula is C17H20N6O2. The van der Waals surface area contributed by atoms with Crippen LogP contribution in [0.3, 0.4) is 0 Å². The molecule has 0 bridgehead atoms. The number of nitrogens with one attached hydrogen (secondary N) is 1. The zero-order chi connectivity index (χ0) is 18.0. The summed E-state index contributed by atoms with van der Waals surface area (Å²) in [6, 6.07) is 5.16. The number of aromatic nitrogens is 4. The summed E-state index contributed by atoms with van der Waals surface area (Å²) in [5.41, 5.74) is 9.78. The number of anilines is 2. The van der Waals surface area contributed by atoms with Crippen molar-refractivity contribution in [3.63, 3.8) is 0 Å². The van der Waals surface area contributed by atoms with Gasteiger partial charge in [0.05, 0.1) is 12.8 Å². The summed E-state index contributed by atoms with van der Waals surface area (Å²) in [5, 5.41) is 7.00. The lowest BCUT2D eigenvalue weighted by molar-refractivity contribution is -0.116. The van der Waals surface area contributed by atoms with Crippen molar-refractivity contribution in [3.8, 4) is 5.75 Å². The Morgan fingerprint density at radius 1 is 1.36 bits per heavy atom. The fraction of sp³-hybridized carbons (Fsp3) is 0.294. The van der Waals surface area contributed by atoms with Gasteiger partial charge in [-0.05, 0) is 44.0 Å². The van der Waals surface area contributed by atoms with Crippen LogP contribution in [0.15, 0.2) is 24.5 Å². The lowest BCUT2D eigenvalue weighted by Gasteiger charge is -2.11. The first-order valence-electron chi connectivity index (χ1n) is 7.88.